The summed E-state index contributed by atoms with van der Waals surface area (Å²) < 4.78 is 23.0. The lowest BCUT2D eigenvalue weighted by Gasteiger charge is -2.14. The van der Waals surface area contributed by atoms with Crippen LogP contribution in [0.5, 0.6) is 0 Å². The Hall–Kier alpha value is -3.93. The van der Waals surface area contributed by atoms with Gasteiger partial charge >= 0.3 is 0 Å². The van der Waals surface area contributed by atoms with Gasteiger partial charge in [-0.1, -0.05) is 0 Å². The van der Waals surface area contributed by atoms with E-state index < -0.39 is 5.82 Å². The predicted octanol–water partition coefficient (Wildman–Crippen LogP) is 5.13. The summed E-state index contributed by atoms with van der Waals surface area (Å²) in [7, 11) is 0. The Labute approximate surface area is 212 Å². The molecule has 36 heavy (non-hydrogen) atoms. The van der Waals surface area contributed by atoms with E-state index in [0.29, 0.717) is 22.3 Å². The van der Waals surface area contributed by atoms with Gasteiger partial charge in [0.1, 0.15) is 17.2 Å². The third-order valence-electron chi connectivity index (χ3n) is 6.68. The summed E-state index contributed by atoms with van der Waals surface area (Å²) in [6.45, 7) is 4.13. The van der Waals surface area contributed by atoms with Gasteiger partial charge in [-0.2, -0.15) is 10.4 Å². The fourth-order valence-corrected chi connectivity index (χ4v) is 4.84. The highest BCUT2D eigenvalue weighted by molar-refractivity contribution is 5.85. The molecule has 0 aliphatic carbocycles. The van der Waals surface area contributed by atoms with E-state index >= 15 is 0 Å². The molecule has 6 rings (SSSR count). The first-order valence-corrected chi connectivity index (χ1v) is 11.6. The summed E-state index contributed by atoms with van der Waals surface area (Å²) in [6, 6.07) is 15.1. The number of pyridine rings is 1. The molecule has 9 heteroatoms. The molecule has 0 saturated carbocycles. The second kappa shape index (κ2) is 9.61. The minimum Gasteiger partial charge on any atom is -0.456 e. The van der Waals surface area contributed by atoms with Gasteiger partial charge in [0.2, 0.25) is 0 Å². The molecule has 5 aromatic rings. The number of hydrogen-bond donors (Lipinski definition) is 0. The molecule has 0 spiro atoms. The molecule has 0 bridgehead atoms. The fourth-order valence-electron chi connectivity index (χ4n) is 4.84. The lowest BCUT2D eigenvalue weighted by Crippen LogP contribution is -2.24. The highest BCUT2D eigenvalue weighted by atomic mass is 35.5. The summed E-state index contributed by atoms with van der Waals surface area (Å²) >= 11 is 0. The molecule has 0 N–H and O–H groups in total. The summed E-state index contributed by atoms with van der Waals surface area (Å²) in [6.07, 6.45) is 6.04. The zero-order valence-electron chi connectivity index (χ0n) is 19.4. The van der Waals surface area contributed by atoms with Crippen LogP contribution in [0.2, 0.25) is 0 Å². The van der Waals surface area contributed by atoms with E-state index in [0.717, 1.165) is 48.8 Å². The lowest BCUT2D eigenvalue weighted by atomic mass is 10.1. The average Bonchev–Trinajstić information content (AvgIpc) is 3.62. The molecule has 1 aliphatic rings. The first-order chi connectivity index (χ1) is 17.1. The maximum atomic E-state index is 13.5. The number of fused-ring (bicyclic) bond motifs is 2. The zero-order valence-corrected chi connectivity index (χ0v) is 20.2. The minimum absolute atomic E-state index is 0. The molecule has 1 aliphatic heterocycles. The molecule has 4 heterocycles. The standard InChI is InChI=1S/C27H22FN5O2.ClH/c28-20-3-5-22(18(13-20)16-29)26-15-23-25(35-26)7-10-32(27(23)34)21-4-6-24-19(14-21)17-30-33(24)12-11-31-8-1-2-9-31;/h3-7,10,13-15,17H,1-2,8-9,11-12H2;1H. The number of halogens is 2. The summed E-state index contributed by atoms with van der Waals surface area (Å²) in [5.41, 5.74) is 2.53. The number of benzene rings is 2. The molecule has 1 fully saturated rings. The first-order valence-electron chi connectivity index (χ1n) is 11.6. The van der Waals surface area contributed by atoms with Crippen LogP contribution >= 0.6 is 12.4 Å². The number of nitriles is 1. The van der Waals surface area contributed by atoms with Crippen molar-refractivity contribution in [1.29, 1.82) is 5.26 Å². The highest BCUT2D eigenvalue weighted by Gasteiger charge is 2.16. The number of hydrogen-bond acceptors (Lipinski definition) is 5. The Balaban J connectivity index is 0.00000267. The van der Waals surface area contributed by atoms with E-state index in [1.165, 1.54) is 25.0 Å². The molecule has 7 nitrogen and oxygen atoms in total. The summed E-state index contributed by atoms with van der Waals surface area (Å²) in [4.78, 5) is 15.8. The van der Waals surface area contributed by atoms with Crippen LogP contribution in [0.1, 0.15) is 18.4 Å². The van der Waals surface area contributed by atoms with Crippen molar-refractivity contribution in [3.05, 3.63) is 82.7 Å². The molecule has 0 radical (unpaired) electrons. The number of aromatic nitrogens is 3. The van der Waals surface area contributed by atoms with Gasteiger partial charge in [0, 0.05) is 29.4 Å². The number of nitrogens with zero attached hydrogens (tertiary/aromatic N) is 5. The Morgan fingerprint density at radius 2 is 1.89 bits per heavy atom. The van der Waals surface area contributed by atoms with Crippen LogP contribution < -0.4 is 5.56 Å². The van der Waals surface area contributed by atoms with Crippen molar-refractivity contribution in [2.24, 2.45) is 0 Å². The topological polar surface area (TPSA) is 80.0 Å². The molecule has 0 unspecified atom stereocenters. The molecule has 3 aromatic heterocycles. The lowest BCUT2D eigenvalue weighted by molar-refractivity contribution is 0.318. The molecule has 1 saturated heterocycles. The van der Waals surface area contributed by atoms with E-state index in [1.807, 2.05) is 35.1 Å². The molecular weight excluding hydrogens is 481 g/mol. The summed E-state index contributed by atoms with van der Waals surface area (Å²) in [5, 5.41) is 15.3. The van der Waals surface area contributed by atoms with Crippen LogP contribution in [0, 0.1) is 17.1 Å². The van der Waals surface area contributed by atoms with Crippen LogP contribution in [-0.4, -0.2) is 38.9 Å². The molecule has 0 atom stereocenters. The van der Waals surface area contributed by atoms with Gasteiger partial charge in [-0.05, 0) is 74.5 Å². The zero-order chi connectivity index (χ0) is 23.9. The SMILES string of the molecule is Cl.N#Cc1cc(F)ccc1-c1cc2c(=O)n(-c3ccc4c(cnn4CCN4CCCC4)c3)ccc2o1. The van der Waals surface area contributed by atoms with Gasteiger partial charge in [0.15, 0.2) is 0 Å². The van der Waals surface area contributed by atoms with Crippen LogP contribution in [-0.2, 0) is 6.54 Å². The van der Waals surface area contributed by atoms with Crippen molar-refractivity contribution < 1.29 is 8.81 Å². The molecule has 2 aromatic carbocycles. The van der Waals surface area contributed by atoms with Crippen molar-refractivity contribution in [2.45, 2.75) is 19.4 Å². The second-order valence-corrected chi connectivity index (χ2v) is 8.84. The van der Waals surface area contributed by atoms with Gasteiger partial charge in [-0.15, -0.1) is 12.4 Å². The minimum atomic E-state index is -0.501. The van der Waals surface area contributed by atoms with Gasteiger partial charge in [0.25, 0.3) is 5.56 Å². The fraction of sp³-hybridized carbons (Fsp3) is 0.222. The monoisotopic (exact) mass is 503 g/mol. The quantitative estimate of drug-likeness (QED) is 0.332. The van der Waals surface area contributed by atoms with Crippen molar-refractivity contribution in [3.63, 3.8) is 0 Å². The maximum Gasteiger partial charge on any atom is 0.266 e. The highest BCUT2D eigenvalue weighted by Crippen LogP contribution is 2.29. The summed E-state index contributed by atoms with van der Waals surface area (Å²) in [5.74, 6) is -0.153. The smallest absolute Gasteiger partial charge is 0.266 e. The van der Waals surface area contributed by atoms with E-state index in [1.54, 1.807) is 22.9 Å². The normalized spacial score (nSPS) is 13.8. The maximum absolute atomic E-state index is 13.5. The van der Waals surface area contributed by atoms with E-state index in [4.69, 9.17) is 4.42 Å². The van der Waals surface area contributed by atoms with Crippen molar-refractivity contribution in [2.75, 3.05) is 19.6 Å². The first kappa shape index (κ1) is 23.8. The third kappa shape index (κ3) is 4.17. The van der Waals surface area contributed by atoms with Crippen molar-refractivity contribution in [3.8, 4) is 23.1 Å². The third-order valence-corrected chi connectivity index (χ3v) is 6.68. The number of furan rings is 1. The van der Waals surface area contributed by atoms with Crippen molar-refractivity contribution >= 4 is 34.3 Å². The largest absolute Gasteiger partial charge is 0.456 e. The molecular formula is C27H23ClFN5O2. The Kier molecular flexibility index (Phi) is 6.35. The van der Waals surface area contributed by atoms with Crippen molar-refractivity contribution in [1.82, 2.24) is 19.2 Å². The average molecular weight is 504 g/mol. The second-order valence-electron chi connectivity index (χ2n) is 8.84. The van der Waals surface area contributed by atoms with Crippen LogP contribution in [0.25, 0.3) is 38.9 Å². The van der Waals surface area contributed by atoms with Crippen LogP contribution in [0.15, 0.2) is 70.1 Å². The van der Waals surface area contributed by atoms with Gasteiger partial charge in [-0.25, -0.2) is 4.39 Å². The Bertz CT molecular complexity index is 1670. The van der Waals surface area contributed by atoms with E-state index in [9.17, 15) is 14.4 Å². The Morgan fingerprint density at radius 1 is 1.06 bits per heavy atom. The van der Waals surface area contributed by atoms with E-state index in [-0.39, 0.29) is 23.5 Å². The number of likely N-dealkylation sites (tertiary alicyclic amines) is 1. The number of rotatable bonds is 5. The van der Waals surface area contributed by atoms with Gasteiger partial charge < -0.3 is 9.32 Å². The molecule has 0 amide bonds. The van der Waals surface area contributed by atoms with Gasteiger partial charge in [-0.3, -0.25) is 14.0 Å². The van der Waals surface area contributed by atoms with Crippen LogP contribution in [0.4, 0.5) is 4.39 Å². The molecule has 182 valence electrons. The Morgan fingerprint density at radius 3 is 2.69 bits per heavy atom. The predicted molar refractivity (Wildman–Crippen MR) is 138 cm³/mol. The van der Waals surface area contributed by atoms with Gasteiger partial charge in [0.05, 0.1) is 35.3 Å². The van der Waals surface area contributed by atoms with E-state index in [2.05, 4.69) is 10.00 Å². The van der Waals surface area contributed by atoms with Crippen LogP contribution in [0.3, 0.4) is 0 Å².